The molecule has 6 rings (SSSR count). The molecule has 2 aliphatic heterocycles. The molecule has 1 aromatic heterocycles. The molecule has 158 valence electrons. The highest BCUT2D eigenvalue weighted by atomic mass is 16.5. The molecule has 7 heteroatoms. The number of amides is 1. The lowest BCUT2D eigenvalue weighted by Gasteiger charge is -2.36. The molecule has 2 N–H and O–H groups in total. The van der Waals surface area contributed by atoms with Gasteiger partial charge < -0.3 is 20.1 Å². The largest absolute Gasteiger partial charge is 0.493 e. The van der Waals surface area contributed by atoms with Gasteiger partial charge in [-0.15, -0.1) is 0 Å². The molecule has 0 saturated heterocycles. The number of anilines is 2. The number of methoxy groups -OCH3 is 2. The second kappa shape index (κ2) is 6.62. The molecule has 1 amide bonds. The van der Waals surface area contributed by atoms with Gasteiger partial charge in [-0.2, -0.15) is 5.10 Å². The molecule has 0 unspecified atom stereocenters. The third-order valence-electron chi connectivity index (χ3n) is 6.21. The van der Waals surface area contributed by atoms with Crippen LogP contribution in [0.15, 0.2) is 72.9 Å². The van der Waals surface area contributed by atoms with Gasteiger partial charge in [0.05, 0.1) is 26.1 Å². The molecular formula is C25H20N4O3. The molecule has 0 bridgehead atoms. The quantitative estimate of drug-likeness (QED) is 0.516. The van der Waals surface area contributed by atoms with Crippen LogP contribution in [0.25, 0.3) is 16.8 Å². The maximum Gasteiger partial charge on any atom is 0.259 e. The van der Waals surface area contributed by atoms with Crippen molar-refractivity contribution < 1.29 is 14.3 Å². The van der Waals surface area contributed by atoms with Crippen LogP contribution < -0.4 is 20.1 Å². The summed E-state index contributed by atoms with van der Waals surface area (Å²) in [4.78, 5) is 13.6. The van der Waals surface area contributed by atoms with Crippen LogP contribution in [-0.2, 0) is 10.3 Å². The van der Waals surface area contributed by atoms with Crippen molar-refractivity contribution in [1.29, 1.82) is 0 Å². The number of fused-ring (bicyclic) bond motifs is 6. The van der Waals surface area contributed by atoms with Gasteiger partial charge in [0.25, 0.3) is 5.91 Å². The Kier molecular flexibility index (Phi) is 3.83. The zero-order chi connectivity index (χ0) is 21.9. The van der Waals surface area contributed by atoms with Gasteiger partial charge >= 0.3 is 0 Å². The third kappa shape index (κ3) is 2.30. The van der Waals surface area contributed by atoms with Gasteiger partial charge in [0.1, 0.15) is 5.82 Å². The lowest BCUT2D eigenvalue weighted by Crippen LogP contribution is -2.46. The molecule has 0 fully saturated rings. The van der Waals surface area contributed by atoms with Gasteiger partial charge in [-0.05, 0) is 35.9 Å². The molecule has 3 aromatic carbocycles. The van der Waals surface area contributed by atoms with Crippen LogP contribution in [0.4, 0.5) is 11.5 Å². The standard InChI is InChI=1S/C25H20N4O3/c1-31-21-12-16-17-14-26-29(15-8-4-3-5-9-15)23(17)28-25(19(16)13-22(21)32-2)18-10-6-7-11-20(18)27-24(25)30/h3-14,28H,1-2H3,(H,27,30)/t25-/m0/s1. The number of hydrogen-bond donors (Lipinski definition) is 2. The van der Waals surface area contributed by atoms with Crippen molar-refractivity contribution in [2.24, 2.45) is 0 Å². The Bertz CT molecular complexity index is 1380. The first-order valence-corrected chi connectivity index (χ1v) is 10.3. The molecular weight excluding hydrogens is 404 g/mol. The van der Waals surface area contributed by atoms with Crippen LogP contribution in [0.3, 0.4) is 0 Å². The number of rotatable bonds is 3. The van der Waals surface area contributed by atoms with Gasteiger partial charge in [0.2, 0.25) is 0 Å². The van der Waals surface area contributed by atoms with Crippen molar-refractivity contribution in [3.63, 3.8) is 0 Å². The Morgan fingerprint density at radius 1 is 0.875 bits per heavy atom. The summed E-state index contributed by atoms with van der Waals surface area (Å²) in [6.07, 6.45) is 1.81. The average Bonchev–Trinajstić information content (AvgIpc) is 3.38. The predicted octanol–water partition coefficient (Wildman–Crippen LogP) is 4.18. The number of ether oxygens (including phenoxy) is 2. The van der Waals surface area contributed by atoms with E-state index in [9.17, 15) is 4.79 Å². The summed E-state index contributed by atoms with van der Waals surface area (Å²) in [5.41, 5.74) is 3.93. The summed E-state index contributed by atoms with van der Waals surface area (Å²) in [7, 11) is 3.20. The monoisotopic (exact) mass is 424 g/mol. The molecule has 2 aliphatic rings. The Balaban J connectivity index is 1.70. The molecule has 3 heterocycles. The van der Waals surface area contributed by atoms with E-state index in [-0.39, 0.29) is 5.91 Å². The minimum atomic E-state index is -1.13. The molecule has 32 heavy (non-hydrogen) atoms. The van der Waals surface area contributed by atoms with Gasteiger partial charge in [-0.3, -0.25) is 4.79 Å². The Hall–Kier alpha value is -4.26. The number of benzene rings is 3. The smallest absolute Gasteiger partial charge is 0.259 e. The van der Waals surface area contributed by atoms with E-state index in [1.807, 2.05) is 77.6 Å². The minimum absolute atomic E-state index is 0.154. The second-order valence-electron chi connectivity index (χ2n) is 7.78. The topological polar surface area (TPSA) is 77.4 Å². The number of nitrogens with zero attached hydrogens (tertiary/aromatic N) is 2. The average molecular weight is 424 g/mol. The summed E-state index contributed by atoms with van der Waals surface area (Å²) in [6, 6.07) is 21.4. The SMILES string of the molecule is COc1cc2c(cc1OC)[C@]1(Nc3c-2cnn3-c2ccccc2)C(=O)Nc2ccccc21. The molecule has 0 aliphatic carbocycles. The van der Waals surface area contributed by atoms with Crippen LogP contribution in [0, 0.1) is 0 Å². The highest BCUT2D eigenvalue weighted by molar-refractivity contribution is 6.13. The van der Waals surface area contributed by atoms with Crippen LogP contribution in [0.5, 0.6) is 11.5 Å². The zero-order valence-electron chi connectivity index (χ0n) is 17.5. The van der Waals surface area contributed by atoms with E-state index < -0.39 is 5.54 Å². The van der Waals surface area contributed by atoms with Crippen molar-refractivity contribution in [3.05, 3.63) is 84.1 Å². The molecule has 0 radical (unpaired) electrons. The van der Waals surface area contributed by atoms with Gasteiger partial charge in [0.15, 0.2) is 17.0 Å². The summed E-state index contributed by atoms with van der Waals surface area (Å²) >= 11 is 0. The highest BCUT2D eigenvalue weighted by Gasteiger charge is 2.53. The van der Waals surface area contributed by atoms with Gasteiger partial charge in [0, 0.05) is 22.4 Å². The molecule has 1 atom stereocenters. The van der Waals surface area contributed by atoms with E-state index in [2.05, 4.69) is 15.7 Å². The van der Waals surface area contributed by atoms with E-state index in [4.69, 9.17) is 9.47 Å². The van der Waals surface area contributed by atoms with Crippen molar-refractivity contribution in [3.8, 4) is 28.3 Å². The molecule has 1 spiro atoms. The van der Waals surface area contributed by atoms with Crippen LogP contribution in [0.2, 0.25) is 0 Å². The summed E-state index contributed by atoms with van der Waals surface area (Å²) in [5.74, 6) is 1.73. The number of hydrogen-bond acceptors (Lipinski definition) is 5. The first-order chi connectivity index (χ1) is 15.7. The van der Waals surface area contributed by atoms with Gasteiger partial charge in [-0.1, -0.05) is 36.4 Å². The lowest BCUT2D eigenvalue weighted by molar-refractivity contribution is -0.118. The van der Waals surface area contributed by atoms with Crippen molar-refractivity contribution >= 4 is 17.4 Å². The number of para-hydroxylation sites is 2. The van der Waals surface area contributed by atoms with Crippen molar-refractivity contribution in [2.45, 2.75) is 5.54 Å². The first-order valence-electron chi connectivity index (χ1n) is 10.3. The lowest BCUT2D eigenvalue weighted by atomic mass is 9.77. The first kappa shape index (κ1) is 18.5. The fourth-order valence-electron chi connectivity index (χ4n) is 4.74. The zero-order valence-corrected chi connectivity index (χ0v) is 17.5. The number of nitrogens with one attached hydrogen (secondary N) is 2. The number of carbonyl (C=O) groups excluding carboxylic acids is 1. The van der Waals surface area contributed by atoms with Crippen LogP contribution in [-0.4, -0.2) is 29.9 Å². The van der Waals surface area contributed by atoms with E-state index in [1.54, 1.807) is 14.2 Å². The predicted molar refractivity (Wildman–Crippen MR) is 122 cm³/mol. The van der Waals surface area contributed by atoms with E-state index in [0.29, 0.717) is 11.5 Å². The Morgan fingerprint density at radius 2 is 1.59 bits per heavy atom. The Morgan fingerprint density at radius 3 is 2.38 bits per heavy atom. The normalized spacial score (nSPS) is 17.8. The van der Waals surface area contributed by atoms with Crippen LogP contribution >= 0.6 is 0 Å². The number of aromatic nitrogens is 2. The fraction of sp³-hybridized carbons (Fsp3) is 0.120. The van der Waals surface area contributed by atoms with Gasteiger partial charge in [-0.25, -0.2) is 4.68 Å². The molecule has 4 aromatic rings. The second-order valence-corrected chi connectivity index (χ2v) is 7.78. The highest BCUT2D eigenvalue weighted by Crippen LogP contribution is 2.53. The summed E-state index contributed by atoms with van der Waals surface area (Å²) in [6.45, 7) is 0. The summed E-state index contributed by atoms with van der Waals surface area (Å²) in [5, 5.41) is 11.3. The molecule has 0 saturated carbocycles. The fourth-order valence-corrected chi connectivity index (χ4v) is 4.74. The van der Waals surface area contributed by atoms with E-state index in [1.165, 1.54) is 0 Å². The van der Waals surface area contributed by atoms with Crippen LogP contribution in [0.1, 0.15) is 11.1 Å². The van der Waals surface area contributed by atoms with E-state index in [0.717, 1.165) is 39.4 Å². The van der Waals surface area contributed by atoms with E-state index >= 15 is 0 Å². The minimum Gasteiger partial charge on any atom is -0.493 e. The summed E-state index contributed by atoms with van der Waals surface area (Å²) < 4.78 is 13.0. The number of carbonyl (C=O) groups is 1. The van der Waals surface area contributed by atoms with Crippen molar-refractivity contribution in [2.75, 3.05) is 24.9 Å². The van der Waals surface area contributed by atoms with Crippen molar-refractivity contribution in [1.82, 2.24) is 9.78 Å². The Labute approximate surface area is 184 Å². The molecule has 7 nitrogen and oxygen atoms in total. The maximum absolute atomic E-state index is 13.6. The third-order valence-corrected chi connectivity index (χ3v) is 6.21. The maximum atomic E-state index is 13.6.